The molecule has 2 N–H and O–H groups in total. The maximum Gasteiger partial charge on any atom is 0.0728 e. The Morgan fingerprint density at radius 1 is 1.25 bits per heavy atom. The highest BCUT2D eigenvalue weighted by molar-refractivity contribution is 7.80. The summed E-state index contributed by atoms with van der Waals surface area (Å²) in [5.74, 6) is 0. The summed E-state index contributed by atoms with van der Waals surface area (Å²) in [5.41, 5.74) is 5.31. The van der Waals surface area contributed by atoms with E-state index in [1.165, 1.54) is 0 Å². The van der Waals surface area contributed by atoms with Crippen LogP contribution in [0, 0.1) is 0 Å². The number of nitrogens with two attached hydrogens (primary N) is 1. The summed E-state index contributed by atoms with van der Waals surface area (Å²) >= 11 is 4.72. The van der Waals surface area contributed by atoms with E-state index in [9.17, 15) is 0 Å². The van der Waals surface area contributed by atoms with E-state index in [2.05, 4.69) is 0 Å². The fourth-order valence-corrected chi connectivity index (χ4v) is 0.900. The first-order valence-corrected chi connectivity index (χ1v) is 4.53. The maximum atomic E-state index is 5.31. The van der Waals surface area contributed by atoms with Gasteiger partial charge in [-0.3, -0.25) is 0 Å². The second-order valence-corrected chi connectivity index (χ2v) is 3.05. The number of rotatable bonds is 8. The van der Waals surface area contributed by atoms with Crippen molar-refractivity contribution in [3.05, 3.63) is 0 Å². The Bertz CT molecular complexity index is 120. The van der Waals surface area contributed by atoms with E-state index < -0.39 is 0 Å². The molecule has 72 valence electrons. The molecule has 0 saturated heterocycles. The van der Waals surface area contributed by atoms with Gasteiger partial charge in [0.05, 0.1) is 4.99 Å². The highest BCUT2D eigenvalue weighted by Gasteiger charge is 1.91. The zero-order chi connectivity index (χ0) is 9.23. The fraction of sp³-hybridized carbons (Fsp3) is 0.875. The molecule has 0 aromatic heterocycles. The molecule has 0 unspecified atom stereocenters. The Kier molecular flexibility index (Phi) is 8.76. The van der Waals surface area contributed by atoms with Crippen molar-refractivity contribution in [1.29, 1.82) is 0 Å². The zero-order valence-electron chi connectivity index (χ0n) is 7.54. The fourth-order valence-electron chi connectivity index (χ4n) is 0.756. The predicted molar refractivity (Wildman–Crippen MR) is 53.3 cm³/mol. The van der Waals surface area contributed by atoms with Crippen LogP contribution >= 0.6 is 12.2 Å². The number of thiocarbonyl (C=S) groups is 1. The van der Waals surface area contributed by atoms with Gasteiger partial charge in [-0.05, 0) is 19.3 Å². The number of ether oxygens (including phenoxy) is 2. The van der Waals surface area contributed by atoms with E-state index in [4.69, 9.17) is 27.4 Å². The van der Waals surface area contributed by atoms with E-state index in [0.29, 0.717) is 4.99 Å². The van der Waals surface area contributed by atoms with Gasteiger partial charge >= 0.3 is 0 Å². The molecule has 0 fully saturated rings. The summed E-state index contributed by atoms with van der Waals surface area (Å²) in [6, 6.07) is 0. The molecular weight excluding hydrogens is 174 g/mol. The van der Waals surface area contributed by atoms with E-state index in [0.717, 1.165) is 39.1 Å². The molecule has 0 aromatic rings. The van der Waals surface area contributed by atoms with Gasteiger partial charge in [0.25, 0.3) is 0 Å². The smallest absolute Gasteiger partial charge is 0.0728 e. The van der Waals surface area contributed by atoms with Crippen LogP contribution < -0.4 is 5.73 Å². The maximum absolute atomic E-state index is 5.31. The van der Waals surface area contributed by atoms with Crippen molar-refractivity contribution in [2.75, 3.05) is 26.9 Å². The Balaban J connectivity index is 2.86. The van der Waals surface area contributed by atoms with Crippen molar-refractivity contribution < 1.29 is 9.47 Å². The van der Waals surface area contributed by atoms with E-state index >= 15 is 0 Å². The molecule has 0 rings (SSSR count). The topological polar surface area (TPSA) is 44.5 Å². The minimum absolute atomic E-state index is 0.565. The van der Waals surface area contributed by atoms with Gasteiger partial charge in [-0.25, -0.2) is 0 Å². The predicted octanol–water partition coefficient (Wildman–Crippen LogP) is 1.11. The standard InChI is InChI=1S/C8H17NO2S/c1-10-5-3-7-11-6-2-4-8(9)12/h2-7H2,1H3,(H2,9,12). The molecule has 4 heteroatoms. The minimum atomic E-state index is 0.565. The summed E-state index contributed by atoms with van der Waals surface area (Å²) < 4.78 is 10.2. The third-order valence-electron chi connectivity index (χ3n) is 1.35. The number of hydrogen-bond acceptors (Lipinski definition) is 3. The molecule has 0 spiro atoms. The van der Waals surface area contributed by atoms with Crippen LogP contribution in [0.3, 0.4) is 0 Å². The Morgan fingerprint density at radius 2 is 1.92 bits per heavy atom. The lowest BCUT2D eigenvalue weighted by atomic mass is 10.3. The van der Waals surface area contributed by atoms with Crippen molar-refractivity contribution in [2.45, 2.75) is 19.3 Å². The molecular formula is C8H17NO2S. The molecule has 0 aliphatic heterocycles. The molecule has 0 atom stereocenters. The van der Waals surface area contributed by atoms with Crippen molar-refractivity contribution in [2.24, 2.45) is 5.73 Å². The molecule has 0 aromatic carbocycles. The summed E-state index contributed by atoms with van der Waals surface area (Å²) in [6.07, 6.45) is 2.64. The molecule has 0 aliphatic rings. The van der Waals surface area contributed by atoms with Gasteiger partial charge in [0, 0.05) is 26.9 Å². The zero-order valence-corrected chi connectivity index (χ0v) is 8.36. The second kappa shape index (κ2) is 8.90. The van der Waals surface area contributed by atoms with Gasteiger partial charge in [-0.1, -0.05) is 12.2 Å². The van der Waals surface area contributed by atoms with Crippen LogP contribution in [-0.4, -0.2) is 31.9 Å². The van der Waals surface area contributed by atoms with Crippen LogP contribution in [-0.2, 0) is 9.47 Å². The molecule has 0 amide bonds. The summed E-state index contributed by atoms with van der Waals surface area (Å²) in [5, 5.41) is 0. The second-order valence-electron chi connectivity index (χ2n) is 2.53. The van der Waals surface area contributed by atoms with Crippen LogP contribution in [0.4, 0.5) is 0 Å². The van der Waals surface area contributed by atoms with Crippen LogP contribution in [0.2, 0.25) is 0 Å². The van der Waals surface area contributed by atoms with Gasteiger partial charge in [0.15, 0.2) is 0 Å². The summed E-state index contributed by atoms with van der Waals surface area (Å²) in [7, 11) is 1.69. The van der Waals surface area contributed by atoms with Crippen LogP contribution in [0.1, 0.15) is 19.3 Å². The SMILES string of the molecule is COCCCOCCCC(N)=S. The largest absolute Gasteiger partial charge is 0.393 e. The normalized spacial score (nSPS) is 10.1. The van der Waals surface area contributed by atoms with Crippen LogP contribution in [0.5, 0.6) is 0 Å². The summed E-state index contributed by atoms with van der Waals surface area (Å²) in [4.78, 5) is 0.565. The molecule has 0 saturated carbocycles. The van der Waals surface area contributed by atoms with E-state index in [-0.39, 0.29) is 0 Å². The van der Waals surface area contributed by atoms with Crippen molar-refractivity contribution in [3.63, 3.8) is 0 Å². The van der Waals surface area contributed by atoms with Gasteiger partial charge in [0.2, 0.25) is 0 Å². The Hall–Kier alpha value is -0.190. The highest BCUT2D eigenvalue weighted by atomic mass is 32.1. The van der Waals surface area contributed by atoms with E-state index in [1.54, 1.807) is 7.11 Å². The van der Waals surface area contributed by atoms with Gasteiger partial charge < -0.3 is 15.2 Å². The van der Waals surface area contributed by atoms with Crippen LogP contribution in [0.15, 0.2) is 0 Å². The van der Waals surface area contributed by atoms with E-state index in [1.807, 2.05) is 0 Å². The average Bonchev–Trinajstić information content (AvgIpc) is 2.02. The number of methoxy groups -OCH3 is 1. The first-order valence-electron chi connectivity index (χ1n) is 4.12. The quantitative estimate of drug-likeness (QED) is 0.461. The molecule has 0 heterocycles. The van der Waals surface area contributed by atoms with Crippen LogP contribution in [0.25, 0.3) is 0 Å². The summed E-state index contributed by atoms with van der Waals surface area (Å²) in [6.45, 7) is 2.25. The first-order chi connectivity index (χ1) is 5.77. The third-order valence-corrected chi connectivity index (χ3v) is 1.55. The lowest BCUT2D eigenvalue weighted by Crippen LogP contribution is -2.09. The Labute approximate surface area is 79.2 Å². The third kappa shape index (κ3) is 9.81. The van der Waals surface area contributed by atoms with Gasteiger partial charge in [-0.15, -0.1) is 0 Å². The van der Waals surface area contributed by atoms with Gasteiger partial charge in [-0.2, -0.15) is 0 Å². The lowest BCUT2D eigenvalue weighted by molar-refractivity contribution is 0.102. The monoisotopic (exact) mass is 191 g/mol. The molecule has 0 aliphatic carbocycles. The van der Waals surface area contributed by atoms with Gasteiger partial charge in [0.1, 0.15) is 0 Å². The highest BCUT2D eigenvalue weighted by Crippen LogP contribution is 1.91. The van der Waals surface area contributed by atoms with Crippen molar-refractivity contribution >= 4 is 17.2 Å². The average molecular weight is 191 g/mol. The van der Waals surface area contributed by atoms with Crippen molar-refractivity contribution in [1.82, 2.24) is 0 Å². The molecule has 0 radical (unpaired) electrons. The van der Waals surface area contributed by atoms with Crippen molar-refractivity contribution in [3.8, 4) is 0 Å². The molecule has 3 nitrogen and oxygen atoms in total. The molecule has 12 heavy (non-hydrogen) atoms. The first kappa shape index (κ1) is 11.8. The lowest BCUT2D eigenvalue weighted by Gasteiger charge is -2.02. The minimum Gasteiger partial charge on any atom is -0.393 e. The molecule has 0 bridgehead atoms. The Morgan fingerprint density at radius 3 is 2.50 bits per heavy atom. The number of hydrogen-bond donors (Lipinski definition) is 1.